The molecule has 0 radical (unpaired) electrons. The van der Waals surface area contributed by atoms with Crippen molar-refractivity contribution >= 4 is 18.3 Å². The van der Waals surface area contributed by atoms with Crippen LogP contribution in [-0.4, -0.2) is 19.5 Å². The summed E-state index contributed by atoms with van der Waals surface area (Å²) >= 11 is 0. The number of hydrogen-bond donors (Lipinski definition) is 2. The van der Waals surface area contributed by atoms with Gasteiger partial charge in [-0.1, -0.05) is 29.8 Å². The van der Waals surface area contributed by atoms with E-state index >= 15 is 0 Å². The van der Waals surface area contributed by atoms with Gasteiger partial charge in [-0.2, -0.15) is 0 Å². The minimum absolute atomic E-state index is 0. The van der Waals surface area contributed by atoms with Gasteiger partial charge in [0.25, 0.3) is 0 Å². The van der Waals surface area contributed by atoms with E-state index in [-0.39, 0.29) is 24.4 Å². The molecule has 0 heterocycles. The Kier molecular flexibility index (Phi) is 7.59. The lowest BCUT2D eigenvalue weighted by Crippen LogP contribution is -2.29. The molecule has 2 N–H and O–H groups in total. The van der Waals surface area contributed by atoms with Crippen LogP contribution in [0.25, 0.3) is 0 Å². The molecule has 4 heteroatoms. The lowest BCUT2D eigenvalue weighted by atomic mass is 10.1. The number of hydrogen-bond acceptors (Lipinski definition) is 2. The smallest absolute Gasteiger partial charge is 0.221 e. The molecule has 1 rings (SSSR count). The van der Waals surface area contributed by atoms with Crippen molar-refractivity contribution in [2.45, 2.75) is 26.3 Å². The average molecular weight is 257 g/mol. The fraction of sp³-hybridized carbons (Fsp3) is 0.462. The number of carbonyl (C=O) groups excluding carboxylic acids is 1. The Bertz CT molecular complexity index is 338. The normalized spacial score (nSPS) is 11.5. The fourth-order valence-electron chi connectivity index (χ4n) is 1.49. The molecule has 0 aliphatic carbocycles. The van der Waals surface area contributed by atoms with E-state index in [1.165, 1.54) is 5.56 Å². The van der Waals surface area contributed by atoms with Gasteiger partial charge in [0.2, 0.25) is 5.91 Å². The van der Waals surface area contributed by atoms with Crippen molar-refractivity contribution in [3.05, 3.63) is 35.4 Å². The van der Waals surface area contributed by atoms with Crippen molar-refractivity contribution in [3.63, 3.8) is 0 Å². The van der Waals surface area contributed by atoms with E-state index in [4.69, 9.17) is 0 Å². The Balaban J connectivity index is 0.00000256. The number of aryl methyl sites for hydroxylation is 1. The Morgan fingerprint density at radius 3 is 2.41 bits per heavy atom. The molecule has 0 saturated heterocycles. The Morgan fingerprint density at radius 1 is 1.29 bits per heavy atom. The maximum atomic E-state index is 11.5. The van der Waals surface area contributed by atoms with Crippen LogP contribution >= 0.6 is 12.4 Å². The van der Waals surface area contributed by atoms with Gasteiger partial charge in [0.1, 0.15) is 0 Å². The molecule has 0 aliphatic heterocycles. The van der Waals surface area contributed by atoms with Crippen LogP contribution in [0.1, 0.15) is 30.5 Å². The summed E-state index contributed by atoms with van der Waals surface area (Å²) in [7, 11) is 1.84. The molecule has 0 bridgehead atoms. The minimum atomic E-state index is 0. The van der Waals surface area contributed by atoms with E-state index in [0.29, 0.717) is 13.0 Å². The van der Waals surface area contributed by atoms with E-state index in [0.717, 1.165) is 5.56 Å². The lowest BCUT2D eigenvalue weighted by Gasteiger charge is -2.14. The predicted molar refractivity (Wildman–Crippen MR) is 73.5 cm³/mol. The number of benzene rings is 1. The van der Waals surface area contributed by atoms with Gasteiger partial charge in [0.15, 0.2) is 0 Å². The number of rotatable bonds is 5. The standard InChI is InChI=1S/C13H20N2O.ClH/c1-10-4-6-12(7-5-10)11(2)15-13(16)8-9-14-3;/h4-7,11,14H,8-9H2,1-3H3,(H,15,16);1H. The molecule has 0 aliphatic rings. The molecule has 0 aromatic heterocycles. The van der Waals surface area contributed by atoms with Crippen LogP contribution in [-0.2, 0) is 4.79 Å². The molecule has 0 spiro atoms. The van der Waals surface area contributed by atoms with Gasteiger partial charge in [0, 0.05) is 13.0 Å². The Labute approximate surface area is 109 Å². The lowest BCUT2D eigenvalue weighted by molar-refractivity contribution is -0.121. The van der Waals surface area contributed by atoms with Crippen LogP contribution in [0.5, 0.6) is 0 Å². The van der Waals surface area contributed by atoms with Crippen molar-refractivity contribution < 1.29 is 4.79 Å². The van der Waals surface area contributed by atoms with E-state index < -0.39 is 0 Å². The first-order chi connectivity index (χ1) is 7.63. The summed E-state index contributed by atoms with van der Waals surface area (Å²) in [5, 5.41) is 5.93. The Hall–Kier alpha value is -1.06. The highest BCUT2D eigenvalue weighted by Crippen LogP contribution is 2.12. The van der Waals surface area contributed by atoms with Gasteiger partial charge in [0.05, 0.1) is 6.04 Å². The average Bonchev–Trinajstić information content (AvgIpc) is 2.27. The summed E-state index contributed by atoms with van der Waals surface area (Å²) in [5.41, 5.74) is 2.38. The van der Waals surface area contributed by atoms with Gasteiger partial charge in [-0.05, 0) is 26.5 Å². The van der Waals surface area contributed by atoms with Gasteiger partial charge in [-0.3, -0.25) is 4.79 Å². The highest BCUT2D eigenvalue weighted by molar-refractivity contribution is 5.85. The first-order valence-electron chi connectivity index (χ1n) is 5.64. The van der Waals surface area contributed by atoms with Gasteiger partial charge < -0.3 is 10.6 Å². The van der Waals surface area contributed by atoms with Crippen LogP contribution in [0.2, 0.25) is 0 Å². The zero-order valence-corrected chi connectivity index (χ0v) is 11.4. The number of nitrogens with one attached hydrogen (secondary N) is 2. The third kappa shape index (κ3) is 5.71. The monoisotopic (exact) mass is 256 g/mol. The fourth-order valence-corrected chi connectivity index (χ4v) is 1.49. The topological polar surface area (TPSA) is 41.1 Å². The maximum absolute atomic E-state index is 11.5. The zero-order chi connectivity index (χ0) is 12.0. The zero-order valence-electron chi connectivity index (χ0n) is 10.6. The first kappa shape index (κ1) is 15.9. The molecular formula is C13H21ClN2O. The summed E-state index contributed by atoms with van der Waals surface area (Å²) in [6.45, 7) is 4.77. The van der Waals surface area contributed by atoms with Crippen molar-refractivity contribution in [3.8, 4) is 0 Å². The molecule has 1 aromatic rings. The van der Waals surface area contributed by atoms with Gasteiger partial charge >= 0.3 is 0 Å². The van der Waals surface area contributed by atoms with Gasteiger partial charge in [-0.15, -0.1) is 12.4 Å². The predicted octanol–water partition coefficient (Wildman–Crippen LogP) is 2.20. The van der Waals surface area contributed by atoms with Crippen molar-refractivity contribution in [2.24, 2.45) is 0 Å². The van der Waals surface area contributed by atoms with Crippen LogP contribution in [0.3, 0.4) is 0 Å². The molecule has 0 saturated carbocycles. The second-order valence-corrected chi connectivity index (χ2v) is 4.05. The van der Waals surface area contributed by atoms with Crippen LogP contribution in [0, 0.1) is 6.92 Å². The molecule has 1 unspecified atom stereocenters. The third-order valence-electron chi connectivity index (χ3n) is 2.56. The second-order valence-electron chi connectivity index (χ2n) is 4.05. The highest BCUT2D eigenvalue weighted by Gasteiger charge is 2.08. The second kappa shape index (κ2) is 8.09. The summed E-state index contributed by atoms with van der Waals surface area (Å²) in [5.74, 6) is 0.0856. The molecule has 3 nitrogen and oxygen atoms in total. The first-order valence-corrected chi connectivity index (χ1v) is 5.64. The summed E-state index contributed by atoms with van der Waals surface area (Å²) < 4.78 is 0. The SMILES string of the molecule is CNCCC(=O)NC(C)c1ccc(C)cc1.Cl. The Morgan fingerprint density at radius 2 is 1.88 bits per heavy atom. The van der Waals surface area contributed by atoms with Crippen LogP contribution in [0.4, 0.5) is 0 Å². The summed E-state index contributed by atoms with van der Waals surface area (Å²) in [6, 6.07) is 8.30. The molecular weight excluding hydrogens is 236 g/mol. The van der Waals surface area contributed by atoms with Crippen molar-refractivity contribution in [1.29, 1.82) is 0 Å². The number of halogens is 1. The summed E-state index contributed by atoms with van der Waals surface area (Å²) in [4.78, 5) is 11.5. The van der Waals surface area contributed by atoms with Crippen LogP contribution < -0.4 is 10.6 Å². The molecule has 17 heavy (non-hydrogen) atoms. The number of amides is 1. The molecule has 0 fully saturated rings. The molecule has 96 valence electrons. The third-order valence-corrected chi connectivity index (χ3v) is 2.56. The van der Waals surface area contributed by atoms with E-state index in [9.17, 15) is 4.79 Å². The number of carbonyl (C=O) groups is 1. The molecule has 1 amide bonds. The summed E-state index contributed by atoms with van der Waals surface area (Å²) in [6.07, 6.45) is 0.521. The van der Waals surface area contributed by atoms with Gasteiger partial charge in [-0.25, -0.2) is 0 Å². The quantitative estimate of drug-likeness (QED) is 0.848. The highest BCUT2D eigenvalue weighted by atomic mass is 35.5. The molecule has 1 aromatic carbocycles. The molecule has 1 atom stereocenters. The maximum Gasteiger partial charge on any atom is 0.221 e. The van der Waals surface area contributed by atoms with Crippen molar-refractivity contribution in [1.82, 2.24) is 10.6 Å². The minimum Gasteiger partial charge on any atom is -0.350 e. The van der Waals surface area contributed by atoms with Crippen LogP contribution in [0.15, 0.2) is 24.3 Å². The van der Waals surface area contributed by atoms with E-state index in [1.54, 1.807) is 0 Å². The van der Waals surface area contributed by atoms with E-state index in [2.05, 4.69) is 41.8 Å². The van der Waals surface area contributed by atoms with Crippen molar-refractivity contribution in [2.75, 3.05) is 13.6 Å². The largest absolute Gasteiger partial charge is 0.350 e. The van der Waals surface area contributed by atoms with E-state index in [1.807, 2.05) is 14.0 Å².